The van der Waals surface area contributed by atoms with Crippen LogP contribution in [0, 0.1) is 6.92 Å². The Bertz CT molecular complexity index is 1050. The highest BCUT2D eigenvalue weighted by molar-refractivity contribution is 6.46. The highest BCUT2D eigenvalue weighted by Gasteiger charge is 2.48. The molecule has 6 nitrogen and oxygen atoms in total. The van der Waals surface area contributed by atoms with Gasteiger partial charge in [0.1, 0.15) is 17.3 Å². The van der Waals surface area contributed by atoms with Gasteiger partial charge in [-0.3, -0.25) is 9.59 Å². The first-order valence-electron chi connectivity index (χ1n) is 11.2. The molecule has 2 aromatic rings. The van der Waals surface area contributed by atoms with Crippen LogP contribution in [0.1, 0.15) is 61.8 Å². The molecule has 2 aromatic carbocycles. The van der Waals surface area contributed by atoms with Gasteiger partial charge in [0.05, 0.1) is 18.2 Å². The Morgan fingerprint density at radius 2 is 1.75 bits per heavy atom. The number of nitrogens with zero attached hydrogens (tertiary/aromatic N) is 1. The number of carbonyl (C=O) groups is 2. The molecule has 1 aliphatic carbocycles. The second-order valence-electron chi connectivity index (χ2n) is 8.50. The lowest BCUT2D eigenvalue weighted by Crippen LogP contribution is -2.40. The van der Waals surface area contributed by atoms with E-state index < -0.39 is 17.7 Å². The number of likely N-dealkylation sites (tertiary alicyclic amines) is 1. The Balaban J connectivity index is 1.84. The molecule has 0 aromatic heterocycles. The average molecular weight is 436 g/mol. The van der Waals surface area contributed by atoms with E-state index in [2.05, 4.69) is 0 Å². The van der Waals surface area contributed by atoms with Crippen LogP contribution in [0.15, 0.2) is 48.0 Å². The number of aromatic hydroxyl groups is 1. The first-order chi connectivity index (χ1) is 15.4. The first kappa shape index (κ1) is 21.9. The fraction of sp³-hybridized carbons (Fsp3) is 0.385. The Labute approximate surface area is 188 Å². The Morgan fingerprint density at radius 3 is 2.38 bits per heavy atom. The minimum atomic E-state index is -0.689. The lowest BCUT2D eigenvalue weighted by molar-refractivity contribution is -0.141. The van der Waals surface area contributed by atoms with Gasteiger partial charge < -0.3 is 19.8 Å². The molecule has 2 N–H and O–H groups in total. The maximum Gasteiger partial charge on any atom is 0.295 e. The fourth-order valence-electron chi connectivity index (χ4n) is 4.84. The zero-order valence-electron chi connectivity index (χ0n) is 18.5. The number of amides is 1. The maximum absolute atomic E-state index is 13.2. The zero-order chi connectivity index (χ0) is 22.8. The van der Waals surface area contributed by atoms with E-state index >= 15 is 0 Å². The molecule has 1 aliphatic heterocycles. The molecule has 0 radical (unpaired) electrons. The number of ether oxygens (including phenoxy) is 1. The second kappa shape index (κ2) is 9.07. The van der Waals surface area contributed by atoms with E-state index in [-0.39, 0.29) is 23.1 Å². The number of hydrogen-bond acceptors (Lipinski definition) is 5. The monoisotopic (exact) mass is 435 g/mol. The number of aliphatic hydroxyl groups is 1. The standard InChI is InChI=1S/C26H29NO5/c1-3-32-21-14-11-18(15-16(21)2)24(29)22-23(17-9-12-20(28)13-10-17)27(26(31)25(22)30)19-7-5-4-6-8-19/h9-15,19,23,28-29H,3-8H2,1-2H3/b24-22-. The molecule has 2 fully saturated rings. The SMILES string of the molecule is CCOc1ccc(/C(O)=C2/C(=O)C(=O)N(C3CCCCC3)C2c2ccc(O)cc2)cc1C. The van der Waals surface area contributed by atoms with Crippen molar-refractivity contribution in [1.82, 2.24) is 4.90 Å². The Kier molecular flexibility index (Phi) is 6.21. The van der Waals surface area contributed by atoms with Crippen molar-refractivity contribution in [2.24, 2.45) is 0 Å². The maximum atomic E-state index is 13.2. The lowest BCUT2D eigenvalue weighted by Gasteiger charge is -2.35. The van der Waals surface area contributed by atoms with Crippen LogP contribution in [0.3, 0.4) is 0 Å². The third kappa shape index (κ3) is 3.97. The van der Waals surface area contributed by atoms with Gasteiger partial charge in [0.2, 0.25) is 0 Å². The highest BCUT2D eigenvalue weighted by atomic mass is 16.5. The number of rotatable bonds is 5. The fourth-order valence-corrected chi connectivity index (χ4v) is 4.84. The predicted molar refractivity (Wildman–Crippen MR) is 121 cm³/mol. The smallest absolute Gasteiger partial charge is 0.295 e. The molecule has 1 saturated heterocycles. The van der Waals surface area contributed by atoms with Crippen LogP contribution in [0.25, 0.3) is 5.76 Å². The third-order valence-corrected chi connectivity index (χ3v) is 6.41. The van der Waals surface area contributed by atoms with Crippen LogP contribution in [0.2, 0.25) is 0 Å². The molecule has 1 unspecified atom stereocenters. The average Bonchev–Trinajstić information content (AvgIpc) is 3.06. The number of benzene rings is 2. The van der Waals surface area contributed by atoms with Gasteiger partial charge in [-0.25, -0.2) is 0 Å². The lowest BCUT2D eigenvalue weighted by atomic mass is 9.91. The number of aryl methyl sites for hydroxylation is 1. The predicted octanol–water partition coefficient (Wildman–Crippen LogP) is 4.85. The van der Waals surface area contributed by atoms with E-state index in [1.54, 1.807) is 35.2 Å². The molecule has 0 bridgehead atoms. The van der Waals surface area contributed by atoms with Crippen molar-refractivity contribution in [2.75, 3.05) is 6.61 Å². The summed E-state index contributed by atoms with van der Waals surface area (Å²) in [6, 6.07) is 11.0. The molecule has 168 valence electrons. The summed E-state index contributed by atoms with van der Waals surface area (Å²) >= 11 is 0. The van der Waals surface area contributed by atoms with Crippen molar-refractivity contribution in [3.63, 3.8) is 0 Å². The van der Waals surface area contributed by atoms with Crippen molar-refractivity contribution >= 4 is 17.4 Å². The largest absolute Gasteiger partial charge is 0.508 e. The van der Waals surface area contributed by atoms with Crippen molar-refractivity contribution < 1.29 is 24.5 Å². The molecule has 32 heavy (non-hydrogen) atoms. The van der Waals surface area contributed by atoms with Crippen LogP contribution in [-0.2, 0) is 9.59 Å². The molecule has 2 aliphatic rings. The van der Waals surface area contributed by atoms with E-state index in [0.717, 1.165) is 37.7 Å². The molecular formula is C26H29NO5. The quantitative estimate of drug-likeness (QED) is 0.398. The zero-order valence-corrected chi connectivity index (χ0v) is 18.5. The van der Waals surface area contributed by atoms with Crippen molar-refractivity contribution in [1.29, 1.82) is 0 Å². The van der Waals surface area contributed by atoms with Gasteiger partial charge in [-0.15, -0.1) is 0 Å². The van der Waals surface area contributed by atoms with Crippen LogP contribution >= 0.6 is 0 Å². The van der Waals surface area contributed by atoms with Crippen molar-refractivity contribution in [3.8, 4) is 11.5 Å². The number of Topliss-reactive ketones (excluding diaryl/α,β-unsaturated/α-hetero) is 1. The van der Waals surface area contributed by atoms with Crippen LogP contribution in [0.4, 0.5) is 0 Å². The van der Waals surface area contributed by atoms with Gasteiger partial charge in [0.15, 0.2) is 0 Å². The molecule has 1 amide bonds. The normalized spacial score (nSPS) is 21.2. The summed E-state index contributed by atoms with van der Waals surface area (Å²) in [6.07, 6.45) is 4.81. The Morgan fingerprint density at radius 1 is 1.06 bits per heavy atom. The van der Waals surface area contributed by atoms with Gasteiger partial charge in [0, 0.05) is 11.6 Å². The van der Waals surface area contributed by atoms with E-state index in [1.807, 2.05) is 13.8 Å². The third-order valence-electron chi connectivity index (χ3n) is 6.41. The summed E-state index contributed by atoms with van der Waals surface area (Å²) in [5.41, 5.74) is 2.08. The highest BCUT2D eigenvalue weighted by Crippen LogP contribution is 2.43. The van der Waals surface area contributed by atoms with Gasteiger partial charge in [0.25, 0.3) is 11.7 Å². The van der Waals surface area contributed by atoms with Gasteiger partial charge >= 0.3 is 0 Å². The topological polar surface area (TPSA) is 87.1 Å². The van der Waals surface area contributed by atoms with Crippen LogP contribution in [-0.4, -0.2) is 39.5 Å². The summed E-state index contributed by atoms with van der Waals surface area (Å²) in [6.45, 7) is 4.30. The summed E-state index contributed by atoms with van der Waals surface area (Å²) in [4.78, 5) is 28.0. The number of ketones is 1. The van der Waals surface area contributed by atoms with Crippen molar-refractivity contribution in [3.05, 3.63) is 64.7 Å². The number of aliphatic hydroxyl groups excluding tert-OH is 1. The molecule has 1 atom stereocenters. The van der Waals surface area contributed by atoms with E-state index in [9.17, 15) is 19.8 Å². The van der Waals surface area contributed by atoms with Gasteiger partial charge in [-0.05, 0) is 68.1 Å². The second-order valence-corrected chi connectivity index (χ2v) is 8.50. The van der Waals surface area contributed by atoms with E-state index in [1.165, 1.54) is 12.1 Å². The van der Waals surface area contributed by atoms with Crippen LogP contribution in [0.5, 0.6) is 11.5 Å². The van der Waals surface area contributed by atoms with E-state index in [4.69, 9.17) is 4.74 Å². The Hall–Kier alpha value is -3.28. The number of phenolic OH excluding ortho intramolecular Hbond substituents is 1. The summed E-state index contributed by atoms with van der Waals surface area (Å²) in [7, 11) is 0. The summed E-state index contributed by atoms with van der Waals surface area (Å²) in [5, 5.41) is 21.0. The molecule has 6 heteroatoms. The first-order valence-corrected chi connectivity index (χ1v) is 11.2. The molecule has 0 spiro atoms. The number of hydrogen-bond donors (Lipinski definition) is 2. The molecule has 1 saturated carbocycles. The molecule has 1 heterocycles. The summed E-state index contributed by atoms with van der Waals surface area (Å²) < 4.78 is 5.58. The number of carbonyl (C=O) groups excluding carboxylic acids is 2. The summed E-state index contributed by atoms with van der Waals surface area (Å²) in [5.74, 6) is -0.616. The number of phenols is 1. The van der Waals surface area contributed by atoms with Gasteiger partial charge in [-0.2, -0.15) is 0 Å². The van der Waals surface area contributed by atoms with E-state index in [0.29, 0.717) is 23.5 Å². The van der Waals surface area contributed by atoms with Crippen molar-refractivity contribution in [2.45, 2.75) is 58.0 Å². The minimum Gasteiger partial charge on any atom is -0.508 e. The molecule has 4 rings (SSSR count). The minimum absolute atomic E-state index is 0.0497. The van der Waals surface area contributed by atoms with Crippen LogP contribution < -0.4 is 4.74 Å². The van der Waals surface area contributed by atoms with Gasteiger partial charge in [-0.1, -0.05) is 31.4 Å². The molecular weight excluding hydrogens is 406 g/mol.